The average molecular weight is 266 g/mol. The molecule has 0 aliphatic rings. The van der Waals surface area contributed by atoms with Gasteiger partial charge in [-0.25, -0.2) is 0 Å². The van der Waals surface area contributed by atoms with E-state index in [-0.39, 0.29) is 5.57 Å². The van der Waals surface area contributed by atoms with Crippen LogP contribution in [0, 0.1) is 29.6 Å². The second-order valence-electron chi connectivity index (χ2n) is 3.85. The normalized spacial score (nSPS) is 9.42. The maximum Gasteiger partial charge on any atom is 0.165 e. The quantitative estimate of drug-likeness (QED) is 0.782. The van der Waals surface area contributed by atoms with Crippen molar-refractivity contribution in [3.05, 3.63) is 53.3 Å². The van der Waals surface area contributed by atoms with Crippen LogP contribution in [0.3, 0.4) is 0 Å². The van der Waals surface area contributed by atoms with Crippen molar-refractivity contribution in [1.29, 1.82) is 10.5 Å². The van der Waals surface area contributed by atoms with E-state index in [4.69, 9.17) is 14.9 Å². The van der Waals surface area contributed by atoms with Crippen LogP contribution in [0.4, 0.5) is 0 Å². The predicted octanol–water partition coefficient (Wildman–Crippen LogP) is 4.17. The maximum absolute atomic E-state index is 8.67. The van der Waals surface area contributed by atoms with Crippen molar-refractivity contribution in [2.24, 2.45) is 0 Å². The van der Waals surface area contributed by atoms with E-state index in [0.29, 0.717) is 5.76 Å². The fraction of sp³-hybridized carbons (Fsp3) is 0.0667. The molecule has 0 saturated carbocycles. The first-order chi connectivity index (χ1) is 9.21. The van der Waals surface area contributed by atoms with Gasteiger partial charge in [-0.2, -0.15) is 10.5 Å². The minimum absolute atomic E-state index is 0.0289. The number of benzene rings is 1. The van der Waals surface area contributed by atoms with Gasteiger partial charge in [0.25, 0.3) is 0 Å². The Balaban J connectivity index is 2.14. The van der Waals surface area contributed by atoms with E-state index in [2.05, 4.69) is 0 Å². The van der Waals surface area contributed by atoms with Crippen LogP contribution >= 0.6 is 11.8 Å². The van der Waals surface area contributed by atoms with Gasteiger partial charge in [0.1, 0.15) is 23.5 Å². The molecule has 0 fully saturated rings. The zero-order valence-corrected chi connectivity index (χ0v) is 11.1. The molecule has 0 spiro atoms. The summed E-state index contributed by atoms with van der Waals surface area (Å²) in [5, 5.41) is 18.1. The van der Waals surface area contributed by atoms with Gasteiger partial charge >= 0.3 is 0 Å². The van der Waals surface area contributed by atoms with Crippen LogP contribution in [-0.4, -0.2) is 0 Å². The molecule has 0 N–H and O–H groups in total. The second-order valence-corrected chi connectivity index (χ2v) is 4.93. The predicted molar refractivity (Wildman–Crippen MR) is 73.2 cm³/mol. The highest BCUT2D eigenvalue weighted by Gasteiger charge is 2.04. The Kier molecular flexibility index (Phi) is 4.07. The largest absolute Gasteiger partial charge is 0.450 e. The molecule has 0 atom stereocenters. The zero-order valence-electron chi connectivity index (χ0n) is 10.3. The van der Waals surface area contributed by atoms with Gasteiger partial charge in [0.15, 0.2) is 5.09 Å². The van der Waals surface area contributed by atoms with E-state index in [9.17, 15) is 0 Å². The number of rotatable bonds is 3. The highest BCUT2D eigenvalue weighted by Crippen LogP contribution is 2.29. The van der Waals surface area contributed by atoms with Crippen LogP contribution in [-0.2, 0) is 0 Å². The molecular weight excluding hydrogens is 256 g/mol. The molecule has 0 bridgehead atoms. The first-order valence-corrected chi connectivity index (χ1v) is 6.39. The van der Waals surface area contributed by atoms with Gasteiger partial charge in [-0.3, -0.25) is 0 Å². The molecule has 3 nitrogen and oxygen atoms in total. The van der Waals surface area contributed by atoms with Crippen LogP contribution in [0.15, 0.2) is 56.4 Å². The number of nitrogens with zero attached hydrogens (tertiary/aromatic N) is 2. The van der Waals surface area contributed by atoms with Crippen LogP contribution < -0.4 is 0 Å². The van der Waals surface area contributed by atoms with E-state index in [1.165, 1.54) is 23.4 Å². The van der Waals surface area contributed by atoms with Gasteiger partial charge in [-0.15, -0.1) is 0 Å². The molecule has 1 aromatic carbocycles. The Morgan fingerprint density at radius 2 is 1.79 bits per heavy atom. The van der Waals surface area contributed by atoms with Crippen LogP contribution in [0.25, 0.3) is 6.08 Å². The maximum atomic E-state index is 8.67. The molecule has 92 valence electrons. The molecule has 2 rings (SSSR count). The Labute approximate surface area is 115 Å². The molecule has 1 heterocycles. The van der Waals surface area contributed by atoms with Crippen molar-refractivity contribution in [2.45, 2.75) is 16.9 Å². The second kappa shape index (κ2) is 5.95. The topological polar surface area (TPSA) is 60.7 Å². The third-order valence-corrected chi connectivity index (χ3v) is 3.30. The lowest BCUT2D eigenvalue weighted by molar-refractivity contribution is 0.466. The third-order valence-electron chi connectivity index (χ3n) is 2.37. The molecular formula is C15H10N2OS. The lowest BCUT2D eigenvalue weighted by Gasteiger charge is -1.98. The van der Waals surface area contributed by atoms with Crippen LogP contribution in [0.2, 0.25) is 0 Å². The molecule has 0 unspecified atom stereocenters. The minimum atomic E-state index is 0.0289. The van der Waals surface area contributed by atoms with Crippen molar-refractivity contribution >= 4 is 17.8 Å². The summed E-state index contributed by atoms with van der Waals surface area (Å²) in [6, 6.07) is 15.3. The lowest BCUT2D eigenvalue weighted by atomic mass is 10.2. The van der Waals surface area contributed by atoms with E-state index in [0.717, 1.165) is 9.99 Å². The number of hydrogen-bond donors (Lipinski definition) is 0. The molecule has 19 heavy (non-hydrogen) atoms. The molecule has 1 aromatic heterocycles. The monoisotopic (exact) mass is 266 g/mol. The Bertz CT molecular complexity index is 668. The number of nitriles is 2. The standard InChI is InChI=1S/C15H10N2OS/c1-11-2-5-14(6-3-11)19-15-7-4-13(18-15)8-12(9-16)10-17/h2-8H,1H3. The van der Waals surface area contributed by atoms with Crippen LogP contribution in [0.5, 0.6) is 0 Å². The van der Waals surface area contributed by atoms with Crippen molar-refractivity contribution in [1.82, 2.24) is 0 Å². The summed E-state index contributed by atoms with van der Waals surface area (Å²) >= 11 is 1.50. The van der Waals surface area contributed by atoms with Gasteiger partial charge < -0.3 is 4.42 Å². The fourth-order valence-electron chi connectivity index (χ4n) is 1.42. The van der Waals surface area contributed by atoms with E-state index >= 15 is 0 Å². The molecule has 0 saturated heterocycles. The van der Waals surface area contributed by atoms with Crippen molar-refractivity contribution in [3.63, 3.8) is 0 Å². The summed E-state index contributed by atoms with van der Waals surface area (Å²) < 4.78 is 5.54. The molecule has 0 aliphatic carbocycles. The van der Waals surface area contributed by atoms with E-state index in [1.807, 2.05) is 37.3 Å². The number of aryl methyl sites for hydroxylation is 1. The summed E-state index contributed by atoms with van der Waals surface area (Å²) in [5.74, 6) is 0.507. The Morgan fingerprint density at radius 1 is 1.11 bits per heavy atom. The van der Waals surface area contributed by atoms with Crippen LogP contribution in [0.1, 0.15) is 11.3 Å². The fourth-order valence-corrected chi connectivity index (χ4v) is 2.20. The van der Waals surface area contributed by atoms with E-state index < -0.39 is 0 Å². The summed E-state index contributed by atoms with van der Waals surface area (Å²) in [5.41, 5.74) is 1.24. The van der Waals surface area contributed by atoms with Gasteiger partial charge in [-0.05, 0) is 31.2 Å². The highest BCUT2D eigenvalue weighted by molar-refractivity contribution is 7.99. The first-order valence-electron chi connectivity index (χ1n) is 5.57. The van der Waals surface area contributed by atoms with Crippen molar-refractivity contribution < 1.29 is 4.42 Å². The Hall–Kier alpha value is -2.43. The Morgan fingerprint density at radius 3 is 2.42 bits per heavy atom. The summed E-state index contributed by atoms with van der Waals surface area (Å²) in [7, 11) is 0. The summed E-state index contributed by atoms with van der Waals surface area (Å²) in [6.07, 6.45) is 1.43. The summed E-state index contributed by atoms with van der Waals surface area (Å²) in [4.78, 5) is 1.08. The number of hydrogen-bond acceptors (Lipinski definition) is 4. The van der Waals surface area contributed by atoms with Gasteiger partial charge in [0.05, 0.1) is 0 Å². The van der Waals surface area contributed by atoms with E-state index in [1.54, 1.807) is 18.2 Å². The van der Waals surface area contributed by atoms with Gasteiger partial charge in [-0.1, -0.05) is 29.5 Å². The zero-order chi connectivity index (χ0) is 13.7. The number of furan rings is 1. The van der Waals surface area contributed by atoms with Gasteiger partial charge in [0.2, 0.25) is 0 Å². The van der Waals surface area contributed by atoms with Gasteiger partial charge in [0, 0.05) is 11.0 Å². The lowest BCUT2D eigenvalue weighted by Crippen LogP contribution is -1.73. The third kappa shape index (κ3) is 3.51. The molecule has 2 aromatic rings. The highest BCUT2D eigenvalue weighted by atomic mass is 32.2. The average Bonchev–Trinajstić information content (AvgIpc) is 2.86. The smallest absolute Gasteiger partial charge is 0.165 e. The molecule has 0 aliphatic heterocycles. The number of allylic oxidation sites excluding steroid dienone is 1. The van der Waals surface area contributed by atoms with Crippen molar-refractivity contribution in [2.75, 3.05) is 0 Å². The first kappa shape index (κ1) is 13.0. The minimum Gasteiger partial charge on any atom is -0.450 e. The van der Waals surface area contributed by atoms with Crippen molar-refractivity contribution in [3.8, 4) is 12.1 Å². The molecule has 4 heteroatoms. The molecule has 0 radical (unpaired) electrons. The summed E-state index contributed by atoms with van der Waals surface area (Å²) in [6.45, 7) is 2.04. The SMILES string of the molecule is Cc1ccc(Sc2ccc(C=C(C#N)C#N)o2)cc1. The molecule has 0 amide bonds.